The normalized spacial score (nSPS) is 19.4. The van der Waals surface area contributed by atoms with E-state index in [-0.39, 0.29) is 12.0 Å². The zero-order valence-corrected chi connectivity index (χ0v) is 12.3. The van der Waals surface area contributed by atoms with Crippen LogP contribution in [-0.2, 0) is 12.8 Å². The third-order valence-electron chi connectivity index (χ3n) is 4.09. The van der Waals surface area contributed by atoms with E-state index in [0.29, 0.717) is 12.5 Å². The molecule has 2 atom stereocenters. The zero-order valence-electron chi connectivity index (χ0n) is 11.5. The molecule has 0 fully saturated rings. The van der Waals surface area contributed by atoms with Crippen molar-refractivity contribution in [3.8, 4) is 0 Å². The van der Waals surface area contributed by atoms with Crippen molar-refractivity contribution in [1.29, 1.82) is 0 Å². The van der Waals surface area contributed by atoms with Gasteiger partial charge in [-0.25, -0.2) is 0 Å². The lowest BCUT2D eigenvalue weighted by atomic mass is 9.89. The van der Waals surface area contributed by atoms with Gasteiger partial charge in [0.05, 0.1) is 6.10 Å². The fraction of sp³-hybridized carbons (Fsp3) is 0.733. The third kappa shape index (κ3) is 2.95. The number of hydrogen-bond acceptors (Lipinski definition) is 3. The van der Waals surface area contributed by atoms with Gasteiger partial charge >= 0.3 is 0 Å². The molecule has 18 heavy (non-hydrogen) atoms. The molecule has 2 rings (SSSR count). The maximum atomic E-state index is 10.5. The number of aliphatic hydroxyl groups is 1. The SMILES string of the molecule is CC(C)C(CN)C(O)c1cc2c(s1)CCCCC2. The molecule has 0 amide bonds. The summed E-state index contributed by atoms with van der Waals surface area (Å²) in [6.07, 6.45) is 5.94. The summed E-state index contributed by atoms with van der Waals surface area (Å²) in [5, 5.41) is 10.5. The second-order valence-electron chi connectivity index (χ2n) is 5.75. The van der Waals surface area contributed by atoms with Crippen LogP contribution in [0.4, 0.5) is 0 Å². The van der Waals surface area contributed by atoms with Crippen LogP contribution >= 0.6 is 11.3 Å². The molecular weight excluding hydrogens is 242 g/mol. The van der Waals surface area contributed by atoms with Crippen LogP contribution in [-0.4, -0.2) is 11.7 Å². The first kappa shape index (κ1) is 14.0. The largest absolute Gasteiger partial charge is 0.387 e. The molecule has 1 aromatic rings. The molecule has 2 unspecified atom stereocenters. The number of fused-ring (bicyclic) bond motifs is 1. The van der Waals surface area contributed by atoms with Crippen LogP contribution in [0.1, 0.15) is 54.5 Å². The highest BCUT2D eigenvalue weighted by Gasteiger charge is 2.25. The van der Waals surface area contributed by atoms with Crippen molar-refractivity contribution in [2.75, 3.05) is 6.54 Å². The molecule has 0 aliphatic heterocycles. The lowest BCUT2D eigenvalue weighted by molar-refractivity contribution is 0.0892. The highest BCUT2D eigenvalue weighted by molar-refractivity contribution is 7.12. The van der Waals surface area contributed by atoms with Gasteiger partial charge in [0.2, 0.25) is 0 Å². The lowest BCUT2D eigenvalue weighted by Crippen LogP contribution is -2.26. The van der Waals surface area contributed by atoms with Gasteiger partial charge in [-0.15, -0.1) is 11.3 Å². The summed E-state index contributed by atoms with van der Waals surface area (Å²) in [7, 11) is 0. The number of hydrogen-bond donors (Lipinski definition) is 2. The first-order valence-corrected chi connectivity index (χ1v) is 7.94. The minimum absolute atomic E-state index is 0.173. The van der Waals surface area contributed by atoms with Crippen molar-refractivity contribution in [1.82, 2.24) is 0 Å². The van der Waals surface area contributed by atoms with Gasteiger partial charge in [0.25, 0.3) is 0 Å². The fourth-order valence-electron chi connectivity index (χ4n) is 2.81. The van der Waals surface area contributed by atoms with Crippen molar-refractivity contribution in [2.45, 2.75) is 52.1 Å². The Labute approximate surface area is 114 Å². The van der Waals surface area contributed by atoms with Gasteiger partial charge < -0.3 is 10.8 Å². The molecule has 0 saturated heterocycles. The first-order chi connectivity index (χ1) is 8.63. The van der Waals surface area contributed by atoms with Gasteiger partial charge in [-0.3, -0.25) is 0 Å². The average Bonchev–Trinajstić information content (AvgIpc) is 2.61. The summed E-state index contributed by atoms with van der Waals surface area (Å²) >= 11 is 1.81. The van der Waals surface area contributed by atoms with Crippen LogP contribution in [0.15, 0.2) is 6.07 Å². The number of aryl methyl sites for hydroxylation is 2. The molecule has 0 spiro atoms. The predicted molar refractivity (Wildman–Crippen MR) is 77.9 cm³/mol. The number of thiophene rings is 1. The summed E-state index contributed by atoms with van der Waals surface area (Å²) in [6, 6.07) is 2.24. The van der Waals surface area contributed by atoms with E-state index in [4.69, 9.17) is 5.73 Å². The molecule has 3 heteroatoms. The molecule has 3 N–H and O–H groups in total. The Balaban J connectivity index is 2.18. The van der Waals surface area contributed by atoms with E-state index in [2.05, 4.69) is 19.9 Å². The Kier molecular flexibility index (Phi) is 4.82. The van der Waals surface area contributed by atoms with Crippen LogP contribution in [0.25, 0.3) is 0 Å². The quantitative estimate of drug-likeness (QED) is 0.822. The Hall–Kier alpha value is -0.380. The highest BCUT2D eigenvalue weighted by Crippen LogP contribution is 2.36. The molecule has 0 saturated carbocycles. The third-order valence-corrected chi connectivity index (χ3v) is 5.40. The van der Waals surface area contributed by atoms with Crippen molar-refractivity contribution < 1.29 is 5.11 Å². The Bertz CT molecular complexity index is 362. The van der Waals surface area contributed by atoms with Crippen molar-refractivity contribution in [2.24, 2.45) is 17.6 Å². The molecule has 102 valence electrons. The molecule has 2 nitrogen and oxygen atoms in total. The maximum absolute atomic E-state index is 10.5. The second kappa shape index (κ2) is 6.18. The smallest absolute Gasteiger partial charge is 0.0924 e. The Morgan fingerprint density at radius 2 is 2.00 bits per heavy atom. The first-order valence-electron chi connectivity index (χ1n) is 7.13. The maximum Gasteiger partial charge on any atom is 0.0924 e. The summed E-state index contributed by atoms with van der Waals surface area (Å²) in [5.41, 5.74) is 7.28. The van der Waals surface area contributed by atoms with Gasteiger partial charge in [0.15, 0.2) is 0 Å². The molecule has 0 bridgehead atoms. The van der Waals surface area contributed by atoms with E-state index in [1.54, 1.807) is 0 Å². The average molecular weight is 267 g/mol. The van der Waals surface area contributed by atoms with E-state index in [0.717, 1.165) is 4.88 Å². The van der Waals surface area contributed by atoms with Gasteiger partial charge in [0.1, 0.15) is 0 Å². The van der Waals surface area contributed by atoms with Gasteiger partial charge in [0, 0.05) is 15.7 Å². The topological polar surface area (TPSA) is 46.2 Å². The molecule has 1 aliphatic rings. The standard InChI is InChI=1S/C15H25NOS/c1-10(2)12(9-16)15(17)14-8-11-6-4-3-5-7-13(11)18-14/h8,10,12,15,17H,3-7,9,16H2,1-2H3. The molecule has 0 aromatic carbocycles. The number of aliphatic hydroxyl groups excluding tert-OH is 1. The molecular formula is C15H25NOS. The zero-order chi connectivity index (χ0) is 13.1. The fourth-order valence-corrected chi connectivity index (χ4v) is 4.13. The van der Waals surface area contributed by atoms with Crippen LogP contribution in [0.5, 0.6) is 0 Å². The summed E-state index contributed by atoms with van der Waals surface area (Å²) in [6.45, 7) is 4.83. The van der Waals surface area contributed by atoms with Crippen molar-refractivity contribution in [3.05, 3.63) is 21.4 Å². The summed E-state index contributed by atoms with van der Waals surface area (Å²) in [5.74, 6) is 0.596. The van der Waals surface area contributed by atoms with Crippen molar-refractivity contribution in [3.63, 3.8) is 0 Å². The number of nitrogens with two attached hydrogens (primary N) is 1. The van der Waals surface area contributed by atoms with Gasteiger partial charge in [-0.05, 0) is 49.8 Å². The van der Waals surface area contributed by atoms with E-state index in [1.807, 2.05) is 11.3 Å². The monoisotopic (exact) mass is 267 g/mol. The molecule has 1 aliphatic carbocycles. The van der Waals surface area contributed by atoms with Crippen LogP contribution in [0.3, 0.4) is 0 Å². The second-order valence-corrected chi connectivity index (χ2v) is 6.91. The minimum Gasteiger partial charge on any atom is -0.387 e. The van der Waals surface area contributed by atoms with Gasteiger partial charge in [-0.2, -0.15) is 0 Å². The van der Waals surface area contributed by atoms with E-state index < -0.39 is 0 Å². The number of rotatable bonds is 4. The minimum atomic E-state index is -0.382. The van der Waals surface area contributed by atoms with Crippen LogP contribution in [0.2, 0.25) is 0 Å². The van der Waals surface area contributed by atoms with E-state index in [1.165, 1.54) is 42.5 Å². The van der Waals surface area contributed by atoms with Crippen LogP contribution < -0.4 is 5.73 Å². The summed E-state index contributed by atoms with van der Waals surface area (Å²) < 4.78 is 0. The van der Waals surface area contributed by atoms with E-state index >= 15 is 0 Å². The van der Waals surface area contributed by atoms with Gasteiger partial charge in [-0.1, -0.05) is 20.3 Å². The lowest BCUT2D eigenvalue weighted by Gasteiger charge is -2.24. The Morgan fingerprint density at radius 3 is 2.67 bits per heavy atom. The highest BCUT2D eigenvalue weighted by atomic mass is 32.1. The molecule has 0 radical (unpaired) electrons. The molecule has 1 aromatic heterocycles. The molecule has 1 heterocycles. The predicted octanol–water partition coefficient (Wildman–Crippen LogP) is 3.28. The van der Waals surface area contributed by atoms with Crippen molar-refractivity contribution >= 4 is 11.3 Å². The Morgan fingerprint density at radius 1 is 1.28 bits per heavy atom. The van der Waals surface area contributed by atoms with E-state index in [9.17, 15) is 5.11 Å². The van der Waals surface area contributed by atoms with Crippen LogP contribution in [0, 0.1) is 11.8 Å². The summed E-state index contributed by atoms with van der Waals surface area (Å²) in [4.78, 5) is 2.63.